The van der Waals surface area contributed by atoms with Crippen molar-refractivity contribution in [2.24, 2.45) is 0 Å². The van der Waals surface area contributed by atoms with Crippen LogP contribution in [0.5, 0.6) is 0 Å². The first-order chi connectivity index (χ1) is 17.3. The lowest BCUT2D eigenvalue weighted by Crippen LogP contribution is -2.45. The number of hydrogen-bond acceptors (Lipinski definition) is 6. The van der Waals surface area contributed by atoms with Crippen LogP contribution in [0.3, 0.4) is 0 Å². The molecule has 2 N–H and O–H groups in total. The van der Waals surface area contributed by atoms with Crippen LogP contribution in [-0.4, -0.2) is 50.2 Å². The largest absolute Gasteiger partial charge is 0.465 e. The van der Waals surface area contributed by atoms with Gasteiger partial charge in [0.05, 0.1) is 24.9 Å². The van der Waals surface area contributed by atoms with Crippen molar-refractivity contribution in [3.63, 3.8) is 0 Å². The van der Waals surface area contributed by atoms with Gasteiger partial charge < -0.3 is 14.4 Å². The van der Waals surface area contributed by atoms with Crippen LogP contribution in [0.15, 0.2) is 72.8 Å². The Hall–Kier alpha value is -4.17. The van der Waals surface area contributed by atoms with Gasteiger partial charge in [0.15, 0.2) is 0 Å². The minimum Gasteiger partial charge on any atom is -0.465 e. The fraction of sp³-hybridized carbons (Fsp3) is 0.250. The molecule has 1 aliphatic heterocycles. The number of carbonyl (C=O) groups excluding carboxylic acids is 3. The van der Waals surface area contributed by atoms with Crippen LogP contribution in [0.4, 0.5) is 5.69 Å². The first kappa shape index (κ1) is 24.9. The van der Waals surface area contributed by atoms with Gasteiger partial charge in [-0.2, -0.15) is 0 Å². The number of hydrogen-bond donors (Lipinski definition) is 2. The van der Waals surface area contributed by atoms with E-state index in [4.69, 9.17) is 4.74 Å². The van der Waals surface area contributed by atoms with Gasteiger partial charge in [-0.1, -0.05) is 24.3 Å². The third kappa shape index (κ3) is 5.90. The van der Waals surface area contributed by atoms with E-state index >= 15 is 0 Å². The zero-order chi connectivity index (χ0) is 25.7. The molecule has 4 rings (SSSR count). The molecule has 0 aromatic heterocycles. The minimum atomic E-state index is -0.500. The van der Waals surface area contributed by atoms with Crippen LogP contribution in [0, 0.1) is 0 Å². The summed E-state index contributed by atoms with van der Waals surface area (Å²) >= 11 is 0. The molecular formula is C28H29N3O5. The summed E-state index contributed by atoms with van der Waals surface area (Å²) in [6.07, 6.45) is 0.396. The van der Waals surface area contributed by atoms with Gasteiger partial charge >= 0.3 is 5.97 Å². The van der Waals surface area contributed by atoms with Crippen molar-refractivity contribution in [1.29, 1.82) is 0 Å². The number of nitrogens with zero attached hydrogens (tertiary/aromatic N) is 1. The van der Waals surface area contributed by atoms with E-state index in [0.29, 0.717) is 16.7 Å². The monoisotopic (exact) mass is 487 g/mol. The second-order valence-corrected chi connectivity index (χ2v) is 8.76. The predicted octanol–water partition coefficient (Wildman–Crippen LogP) is 3.83. The molecule has 186 valence electrons. The summed E-state index contributed by atoms with van der Waals surface area (Å²) in [6, 6.07) is 21.4. The van der Waals surface area contributed by atoms with E-state index in [0.717, 1.165) is 29.9 Å². The number of morpholine rings is 1. The fourth-order valence-corrected chi connectivity index (χ4v) is 4.20. The Balaban J connectivity index is 1.33. The highest BCUT2D eigenvalue weighted by molar-refractivity contribution is 6.00. The lowest BCUT2D eigenvalue weighted by molar-refractivity contribution is -0.00522. The standard InChI is InChI=1S/C28H29N3O5/c1-18-16-31(17-19(2)36-18)25-14-12-21(13-15-25)20-4-6-22(7-5-20)26(32)29-30-27(33)23-8-10-24(11-9-23)28(34)35-3/h4-15,18-19H,16-17H2,1-3H3,(H,29,32)(H,30,33). The van der Waals surface area contributed by atoms with E-state index in [2.05, 4.69) is 58.6 Å². The van der Waals surface area contributed by atoms with Crippen LogP contribution >= 0.6 is 0 Å². The summed E-state index contributed by atoms with van der Waals surface area (Å²) in [5.41, 5.74) is 9.02. The van der Waals surface area contributed by atoms with Gasteiger partial charge in [0.2, 0.25) is 0 Å². The molecule has 2 atom stereocenters. The second-order valence-electron chi connectivity index (χ2n) is 8.76. The molecule has 0 spiro atoms. The molecule has 8 heteroatoms. The number of rotatable bonds is 5. The van der Waals surface area contributed by atoms with Crippen LogP contribution in [0.2, 0.25) is 0 Å². The summed E-state index contributed by atoms with van der Waals surface area (Å²) in [6.45, 7) is 5.90. The van der Waals surface area contributed by atoms with E-state index in [1.807, 2.05) is 12.1 Å². The van der Waals surface area contributed by atoms with E-state index < -0.39 is 17.8 Å². The number of nitrogens with one attached hydrogen (secondary N) is 2. The molecule has 2 unspecified atom stereocenters. The van der Waals surface area contributed by atoms with Crippen molar-refractivity contribution >= 4 is 23.5 Å². The molecule has 1 aliphatic rings. The molecule has 2 amide bonds. The van der Waals surface area contributed by atoms with Crippen LogP contribution in [-0.2, 0) is 9.47 Å². The van der Waals surface area contributed by atoms with Crippen LogP contribution in [0.25, 0.3) is 11.1 Å². The molecule has 1 fully saturated rings. The molecule has 3 aromatic rings. The first-order valence-electron chi connectivity index (χ1n) is 11.7. The Morgan fingerprint density at radius 3 is 1.61 bits per heavy atom. The van der Waals surface area contributed by atoms with E-state index in [9.17, 15) is 14.4 Å². The lowest BCUT2D eigenvalue weighted by Gasteiger charge is -2.36. The van der Waals surface area contributed by atoms with Gasteiger partial charge in [0.1, 0.15) is 0 Å². The Kier molecular flexibility index (Phi) is 7.65. The molecule has 0 aliphatic carbocycles. The van der Waals surface area contributed by atoms with E-state index in [1.165, 1.54) is 31.4 Å². The summed E-state index contributed by atoms with van der Waals surface area (Å²) in [4.78, 5) is 38.6. The molecule has 36 heavy (non-hydrogen) atoms. The number of benzene rings is 3. The second kappa shape index (κ2) is 11.0. The molecular weight excluding hydrogens is 458 g/mol. The highest BCUT2D eigenvalue weighted by Gasteiger charge is 2.22. The van der Waals surface area contributed by atoms with E-state index in [1.54, 1.807) is 12.1 Å². The number of anilines is 1. The maximum Gasteiger partial charge on any atom is 0.337 e. The topological polar surface area (TPSA) is 97.0 Å². The third-order valence-corrected chi connectivity index (χ3v) is 5.99. The average Bonchev–Trinajstić information content (AvgIpc) is 2.91. The molecule has 3 aromatic carbocycles. The van der Waals surface area contributed by atoms with Crippen molar-refractivity contribution in [3.05, 3.63) is 89.5 Å². The number of methoxy groups -OCH3 is 1. The number of carbonyl (C=O) groups is 3. The summed E-state index contributed by atoms with van der Waals surface area (Å²) in [5, 5.41) is 0. The Morgan fingerprint density at radius 1 is 0.722 bits per heavy atom. The van der Waals surface area contributed by atoms with Crippen molar-refractivity contribution < 1.29 is 23.9 Å². The van der Waals surface area contributed by atoms with Crippen molar-refractivity contribution in [2.45, 2.75) is 26.1 Å². The highest BCUT2D eigenvalue weighted by Crippen LogP contribution is 2.25. The van der Waals surface area contributed by atoms with Gasteiger partial charge in [-0.05, 0) is 73.5 Å². The molecule has 8 nitrogen and oxygen atoms in total. The highest BCUT2D eigenvalue weighted by atomic mass is 16.5. The zero-order valence-corrected chi connectivity index (χ0v) is 20.5. The van der Waals surface area contributed by atoms with Crippen molar-refractivity contribution in [3.8, 4) is 11.1 Å². The maximum absolute atomic E-state index is 12.5. The Labute approximate surface area is 210 Å². The number of ether oxygens (including phenoxy) is 2. The minimum absolute atomic E-state index is 0.198. The quantitative estimate of drug-likeness (QED) is 0.420. The predicted molar refractivity (Wildman–Crippen MR) is 137 cm³/mol. The third-order valence-electron chi connectivity index (χ3n) is 5.99. The number of amides is 2. The molecule has 1 saturated heterocycles. The first-order valence-corrected chi connectivity index (χ1v) is 11.7. The van der Waals surface area contributed by atoms with Gasteiger partial charge in [-0.15, -0.1) is 0 Å². The summed E-state index contributed by atoms with van der Waals surface area (Å²) in [5.74, 6) is -1.43. The summed E-state index contributed by atoms with van der Waals surface area (Å²) < 4.78 is 10.5. The molecule has 0 bridgehead atoms. The van der Waals surface area contributed by atoms with Gasteiger partial charge in [0, 0.05) is 29.9 Å². The van der Waals surface area contributed by atoms with Crippen LogP contribution in [0.1, 0.15) is 44.9 Å². The zero-order valence-electron chi connectivity index (χ0n) is 20.5. The number of hydrazine groups is 1. The fourth-order valence-electron chi connectivity index (χ4n) is 4.20. The Morgan fingerprint density at radius 2 is 1.14 bits per heavy atom. The normalized spacial score (nSPS) is 17.2. The number of esters is 1. The van der Waals surface area contributed by atoms with Gasteiger partial charge in [0.25, 0.3) is 11.8 Å². The van der Waals surface area contributed by atoms with E-state index in [-0.39, 0.29) is 12.2 Å². The maximum atomic E-state index is 12.5. The smallest absolute Gasteiger partial charge is 0.337 e. The van der Waals surface area contributed by atoms with Crippen molar-refractivity contribution in [1.82, 2.24) is 10.9 Å². The van der Waals surface area contributed by atoms with Crippen molar-refractivity contribution in [2.75, 3.05) is 25.1 Å². The summed E-state index contributed by atoms with van der Waals surface area (Å²) in [7, 11) is 1.29. The molecule has 1 heterocycles. The molecule has 0 saturated carbocycles. The Bertz CT molecular complexity index is 1210. The molecule has 0 radical (unpaired) electrons. The van der Waals surface area contributed by atoms with Gasteiger partial charge in [-0.3, -0.25) is 20.4 Å². The lowest BCUT2D eigenvalue weighted by atomic mass is 10.0. The van der Waals surface area contributed by atoms with Gasteiger partial charge in [-0.25, -0.2) is 4.79 Å². The van der Waals surface area contributed by atoms with Crippen LogP contribution < -0.4 is 15.8 Å². The SMILES string of the molecule is COC(=O)c1ccc(C(=O)NNC(=O)c2ccc(-c3ccc(N4CC(C)OC(C)C4)cc3)cc2)cc1. The average molecular weight is 488 g/mol.